The summed E-state index contributed by atoms with van der Waals surface area (Å²) in [7, 11) is 0. The van der Waals surface area contributed by atoms with Gasteiger partial charge in [-0.15, -0.1) is 0 Å². The largest absolute Gasteiger partial charge is 0.356 e. The lowest BCUT2D eigenvalue weighted by Crippen LogP contribution is -2.35. The lowest BCUT2D eigenvalue weighted by molar-refractivity contribution is 0.436. The van der Waals surface area contributed by atoms with E-state index in [4.69, 9.17) is 0 Å². The highest BCUT2D eigenvalue weighted by Gasteiger charge is 2.18. The average Bonchev–Trinajstić information content (AvgIpc) is 2.29. The second-order valence-electron chi connectivity index (χ2n) is 5.32. The van der Waals surface area contributed by atoms with Gasteiger partial charge in [0, 0.05) is 24.8 Å². The Hall–Kier alpha value is -1.32. The fourth-order valence-corrected chi connectivity index (χ4v) is 2.17. The molecular formula is C13H21N3O. The van der Waals surface area contributed by atoms with Crippen molar-refractivity contribution in [3.63, 3.8) is 0 Å². The van der Waals surface area contributed by atoms with Gasteiger partial charge in [0.15, 0.2) is 0 Å². The summed E-state index contributed by atoms with van der Waals surface area (Å²) in [6.07, 6.45) is 2.37. The summed E-state index contributed by atoms with van der Waals surface area (Å²) in [4.78, 5) is 20.6. The maximum absolute atomic E-state index is 11.5. The standard InChI is InChI=1S/C13H21N3O/c1-9(2)11-8-12(15-13(17)14-11)16-6-4-10(3)5-7-16/h8-10H,4-7H2,1-3H3,(H,14,15,17). The predicted molar refractivity (Wildman–Crippen MR) is 69.6 cm³/mol. The molecule has 0 unspecified atom stereocenters. The summed E-state index contributed by atoms with van der Waals surface area (Å²) in [5.74, 6) is 1.95. The number of rotatable bonds is 2. The molecular weight excluding hydrogens is 214 g/mol. The monoisotopic (exact) mass is 235 g/mol. The zero-order chi connectivity index (χ0) is 12.4. The van der Waals surface area contributed by atoms with Crippen molar-refractivity contribution < 1.29 is 0 Å². The minimum absolute atomic E-state index is 0.232. The van der Waals surface area contributed by atoms with E-state index < -0.39 is 0 Å². The van der Waals surface area contributed by atoms with E-state index in [9.17, 15) is 4.79 Å². The van der Waals surface area contributed by atoms with Gasteiger partial charge in [0.25, 0.3) is 0 Å². The van der Waals surface area contributed by atoms with Crippen LogP contribution in [0, 0.1) is 5.92 Å². The Kier molecular flexibility index (Phi) is 3.50. The van der Waals surface area contributed by atoms with E-state index >= 15 is 0 Å². The molecule has 0 radical (unpaired) electrons. The molecule has 94 valence electrons. The molecule has 2 heterocycles. The molecule has 0 spiro atoms. The van der Waals surface area contributed by atoms with Crippen LogP contribution in [-0.2, 0) is 0 Å². The van der Waals surface area contributed by atoms with E-state index in [2.05, 4.69) is 35.6 Å². The Morgan fingerprint density at radius 3 is 2.65 bits per heavy atom. The highest BCUT2D eigenvalue weighted by molar-refractivity contribution is 5.39. The number of hydrogen-bond donors (Lipinski definition) is 1. The SMILES string of the molecule is CC1CCN(c2cc(C(C)C)[nH]c(=O)n2)CC1. The number of aromatic amines is 1. The first-order valence-electron chi connectivity index (χ1n) is 6.42. The van der Waals surface area contributed by atoms with Crippen LogP contribution in [0.3, 0.4) is 0 Å². The van der Waals surface area contributed by atoms with Crippen molar-refractivity contribution in [2.75, 3.05) is 18.0 Å². The van der Waals surface area contributed by atoms with Gasteiger partial charge in [-0.2, -0.15) is 4.98 Å². The highest BCUT2D eigenvalue weighted by atomic mass is 16.1. The number of nitrogens with zero attached hydrogens (tertiary/aromatic N) is 2. The smallest absolute Gasteiger partial charge is 0.347 e. The third-order valence-electron chi connectivity index (χ3n) is 3.48. The number of aromatic nitrogens is 2. The first-order valence-corrected chi connectivity index (χ1v) is 6.42. The lowest BCUT2D eigenvalue weighted by atomic mass is 9.99. The molecule has 17 heavy (non-hydrogen) atoms. The van der Waals surface area contributed by atoms with Crippen LogP contribution in [-0.4, -0.2) is 23.1 Å². The molecule has 1 N–H and O–H groups in total. The van der Waals surface area contributed by atoms with Gasteiger partial charge in [-0.25, -0.2) is 4.79 Å². The molecule has 1 fully saturated rings. The molecule has 1 aliphatic rings. The van der Waals surface area contributed by atoms with Crippen LogP contribution in [0.5, 0.6) is 0 Å². The van der Waals surface area contributed by atoms with Crippen molar-refractivity contribution in [2.45, 2.75) is 39.5 Å². The molecule has 1 aromatic heterocycles. The quantitative estimate of drug-likeness (QED) is 0.854. The van der Waals surface area contributed by atoms with Crippen LogP contribution in [0.25, 0.3) is 0 Å². The fourth-order valence-electron chi connectivity index (χ4n) is 2.17. The van der Waals surface area contributed by atoms with Gasteiger partial charge in [0.1, 0.15) is 5.82 Å². The molecule has 1 saturated heterocycles. The highest BCUT2D eigenvalue weighted by Crippen LogP contribution is 2.22. The Bertz CT molecular complexity index is 431. The molecule has 0 amide bonds. The summed E-state index contributed by atoms with van der Waals surface area (Å²) in [5.41, 5.74) is 0.739. The van der Waals surface area contributed by atoms with Crippen molar-refractivity contribution in [3.05, 3.63) is 22.2 Å². The van der Waals surface area contributed by atoms with Gasteiger partial charge in [-0.3, -0.25) is 0 Å². The number of H-pyrrole nitrogens is 1. The predicted octanol–water partition coefficient (Wildman–Crippen LogP) is 2.13. The molecule has 2 rings (SSSR count). The van der Waals surface area contributed by atoms with Crippen molar-refractivity contribution >= 4 is 5.82 Å². The number of nitrogens with one attached hydrogen (secondary N) is 1. The summed E-state index contributed by atoms with van der Waals surface area (Å²) in [6.45, 7) is 8.45. The molecule has 1 aliphatic heterocycles. The molecule has 0 saturated carbocycles. The van der Waals surface area contributed by atoms with Gasteiger partial charge in [0.05, 0.1) is 0 Å². The summed E-state index contributed by atoms with van der Waals surface area (Å²) < 4.78 is 0. The third-order valence-corrected chi connectivity index (χ3v) is 3.48. The Labute approximate surface area is 102 Å². The molecule has 4 heteroatoms. The molecule has 0 bridgehead atoms. The topological polar surface area (TPSA) is 49.0 Å². The lowest BCUT2D eigenvalue weighted by Gasteiger charge is -2.31. The van der Waals surface area contributed by atoms with Crippen molar-refractivity contribution in [2.24, 2.45) is 5.92 Å². The molecule has 0 aromatic carbocycles. The van der Waals surface area contributed by atoms with E-state index in [1.165, 1.54) is 12.8 Å². The molecule has 0 atom stereocenters. The van der Waals surface area contributed by atoms with Gasteiger partial charge in [0.2, 0.25) is 0 Å². The normalized spacial score (nSPS) is 17.8. The number of hydrogen-bond acceptors (Lipinski definition) is 3. The maximum atomic E-state index is 11.5. The number of anilines is 1. The third kappa shape index (κ3) is 2.87. The Morgan fingerprint density at radius 2 is 2.06 bits per heavy atom. The average molecular weight is 235 g/mol. The van der Waals surface area contributed by atoms with Crippen molar-refractivity contribution in [1.82, 2.24) is 9.97 Å². The van der Waals surface area contributed by atoms with Gasteiger partial charge in [-0.05, 0) is 24.7 Å². The Morgan fingerprint density at radius 1 is 1.41 bits per heavy atom. The van der Waals surface area contributed by atoms with Crippen LogP contribution in [0.2, 0.25) is 0 Å². The van der Waals surface area contributed by atoms with Crippen LogP contribution in [0.1, 0.15) is 45.2 Å². The van der Waals surface area contributed by atoms with Gasteiger partial charge >= 0.3 is 5.69 Å². The van der Waals surface area contributed by atoms with E-state index in [1.54, 1.807) is 0 Å². The summed E-state index contributed by atoms with van der Waals surface area (Å²) >= 11 is 0. The maximum Gasteiger partial charge on any atom is 0.347 e. The minimum Gasteiger partial charge on any atom is -0.356 e. The van der Waals surface area contributed by atoms with Crippen LogP contribution < -0.4 is 10.6 Å². The van der Waals surface area contributed by atoms with Gasteiger partial charge in [-0.1, -0.05) is 20.8 Å². The number of piperidine rings is 1. The molecule has 1 aromatic rings. The first-order chi connectivity index (χ1) is 8.06. The second kappa shape index (κ2) is 4.90. The van der Waals surface area contributed by atoms with Crippen LogP contribution >= 0.6 is 0 Å². The first kappa shape index (κ1) is 12.1. The van der Waals surface area contributed by atoms with Gasteiger partial charge < -0.3 is 9.88 Å². The van der Waals surface area contributed by atoms with Crippen molar-refractivity contribution in [1.29, 1.82) is 0 Å². The Balaban J connectivity index is 2.23. The summed E-state index contributed by atoms with van der Waals surface area (Å²) in [5, 5.41) is 0. The second-order valence-corrected chi connectivity index (χ2v) is 5.32. The van der Waals surface area contributed by atoms with E-state index in [0.717, 1.165) is 30.5 Å². The van der Waals surface area contributed by atoms with Crippen molar-refractivity contribution in [3.8, 4) is 0 Å². The zero-order valence-electron chi connectivity index (χ0n) is 10.9. The van der Waals surface area contributed by atoms with E-state index in [1.807, 2.05) is 6.07 Å². The molecule has 0 aliphatic carbocycles. The zero-order valence-corrected chi connectivity index (χ0v) is 10.9. The summed E-state index contributed by atoms with van der Waals surface area (Å²) in [6, 6.07) is 2.02. The molecule has 4 nitrogen and oxygen atoms in total. The van der Waals surface area contributed by atoms with E-state index in [-0.39, 0.29) is 5.69 Å². The van der Waals surface area contributed by atoms with Crippen LogP contribution in [0.4, 0.5) is 5.82 Å². The van der Waals surface area contributed by atoms with Crippen LogP contribution in [0.15, 0.2) is 10.9 Å². The van der Waals surface area contributed by atoms with E-state index in [0.29, 0.717) is 5.92 Å². The minimum atomic E-state index is -0.232. The fraction of sp³-hybridized carbons (Fsp3) is 0.692.